The highest BCUT2D eigenvalue weighted by atomic mass is 32.1. The third kappa shape index (κ3) is 27.5. The number of ether oxygens (including phenoxy) is 2. The van der Waals surface area contributed by atoms with Gasteiger partial charge in [0.25, 0.3) is 0 Å². The molecule has 1 atom stereocenters. The molecule has 8 N–H and O–H groups in total. The predicted octanol–water partition coefficient (Wildman–Crippen LogP) is 18.0. The number of methoxy groups -OCH3 is 1. The summed E-state index contributed by atoms with van der Waals surface area (Å²) in [7, 11) is 1.58. The number of aliphatic hydroxyl groups excluding tert-OH is 3. The number of aliphatic hydroxyl groups is 4. The molecule has 4 aromatic rings. The van der Waals surface area contributed by atoms with Gasteiger partial charge in [0.1, 0.15) is 25.1 Å². The van der Waals surface area contributed by atoms with Gasteiger partial charge in [0.05, 0.1) is 73.8 Å². The van der Waals surface area contributed by atoms with E-state index in [1.54, 1.807) is 58.8 Å². The molecule has 1 unspecified atom stereocenters. The van der Waals surface area contributed by atoms with Gasteiger partial charge in [-0.3, -0.25) is 19.2 Å². The average Bonchev–Trinajstić information content (AvgIpc) is 1.62. The van der Waals surface area contributed by atoms with E-state index in [1.807, 2.05) is 26.8 Å². The topological polar surface area (TPSA) is 330 Å². The molecule has 4 amide bonds. The first-order valence-corrected chi connectivity index (χ1v) is 47.8. The largest absolute Gasteiger partial charge is 0.477 e. The molecule has 1 aliphatic heterocycles. The first-order valence-electron chi connectivity index (χ1n) is 44.6. The van der Waals surface area contributed by atoms with Crippen molar-refractivity contribution in [2.24, 2.45) is 64.1 Å². The van der Waals surface area contributed by atoms with Crippen molar-refractivity contribution < 1.29 is 88.7 Å². The second-order valence-corrected chi connectivity index (χ2v) is 42.0. The van der Waals surface area contributed by atoms with Crippen molar-refractivity contribution in [2.45, 2.75) is 310 Å². The second kappa shape index (κ2) is 44.1. The molecular formula is C96H130N4O18S4. The number of nitrogens with zero attached hydrogens (tertiary/aromatic N) is 4. The van der Waals surface area contributed by atoms with E-state index in [0.717, 1.165) is 156 Å². The summed E-state index contributed by atoms with van der Waals surface area (Å²) in [6, 6.07) is 6.77. The molecule has 26 heteroatoms. The lowest BCUT2D eigenvalue weighted by Crippen LogP contribution is -2.47. The van der Waals surface area contributed by atoms with Crippen LogP contribution in [0.5, 0.6) is 0 Å². The summed E-state index contributed by atoms with van der Waals surface area (Å²) in [6.45, 7) is 22.2. The number of hydrogen-bond donors (Lipinski definition) is 8. The lowest BCUT2D eigenvalue weighted by atomic mass is 9.81. The standard InChI is InChI=1S/C25H33NO5S.C25H33NO4S.C24H33NO5S.C22H31NO4S/c1-16-2-5-18(6-3-16)24(28)26(19-7-9-20(27)10-8-19)22-14-21(32-23(22)25(29)30)11-4-17-12-13-31-15-17;1-16-3-5-17(6-4-16)23(28)26(18-7-9-19(27)10-8-18)21-15-20(31-22(21)24(29)30)11-12-25(2)13-14-25;1-15-4-6-16(7-5-15)22(27)25(17-8-10-18(26)11-9-17)20-14-19(12-13-24(2,3)30)31-21(20)23(28)29;1-15-6-8-16(9-7-15)20(24)23(12-13-27-5)18-14-17(10-11-22(2,3)4)28-19(18)21(25)26/h14,16-20,27H,2-3,5-10,12-13,15H2,1H3,(H,29,30);15-19,27H,3-10,13-14H2,1-2H3,(H,29,30);14-18,26,30H,4-11H2,1-3H3,(H,28,29);14-16H,6-9,12-13H2,1-5H3,(H,25,26). The summed E-state index contributed by atoms with van der Waals surface area (Å²) in [5, 5.41) is 79.3. The van der Waals surface area contributed by atoms with Gasteiger partial charge in [-0.1, -0.05) is 75.1 Å². The smallest absolute Gasteiger partial charge is 0.348 e. The number of carboxylic acids is 4. The van der Waals surface area contributed by atoms with E-state index in [-0.39, 0.29) is 120 Å². The molecule has 9 aliphatic rings. The Bertz CT molecular complexity index is 4390. The van der Waals surface area contributed by atoms with E-state index in [4.69, 9.17) is 9.47 Å². The van der Waals surface area contributed by atoms with E-state index in [1.165, 1.54) is 11.3 Å². The predicted molar refractivity (Wildman–Crippen MR) is 481 cm³/mol. The fraction of sp³-hybridized carbons (Fsp3) is 0.667. The SMILES string of the molecule is CC1CCC(C(=O)N(c2cc(C#CC(C)(C)O)sc2C(=O)O)C2CCC(O)CC2)CC1.CC1CCC(C(=O)N(c2cc(C#CC3(C)CC3)sc2C(=O)O)C2CCC(O)CC2)CC1.CC1CCC(C(=O)N(c2cc(C#CC3CCOC3)sc2C(=O)O)C2CCC(O)CC2)CC1.COCCN(C(=O)C1CCC(C)CC1)c1cc(C#CC(C)(C)C)sc1C(=O)O. The van der Waals surface area contributed by atoms with Crippen LogP contribution in [0.2, 0.25) is 0 Å². The van der Waals surface area contributed by atoms with Gasteiger partial charge in [-0.05, 0) is 289 Å². The minimum absolute atomic E-state index is 0.000388. The fourth-order valence-electron chi connectivity index (χ4n) is 17.7. The molecule has 0 radical (unpaired) electrons. The number of thiophene rings is 4. The van der Waals surface area contributed by atoms with Crippen molar-refractivity contribution in [3.63, 3.8) is 0 Å². The van der Waals surface area contributed by atoms with E-state index in [9.17, 15) is 79.2 Å². The van der Waals surface area contributed by atoms with Crippen LogP contribution in [0.25, 0.3) is 0 Å². The van der Waals surface area contributed by atoms with Gasteiger partial charge in [-0.25, -0.2) is 19.2 Å². The number of hydrogen-bond acceptors (Lipinski definition) is 18. The highest BCUT2D eigenvalue weighted by molar-refractivity contribution is 7.16. The molecule has 8 aliphatic carbocycles. The zero-order valence-corrected chi connectivity index (χ0v) is 76.6. The number of anilines is 4. The molecule has 22 nitrogen and oxygen atoms in total. The van der Waals surface area contributed by atoms with Crippen LogP contribution in [0.4, 0.5) is 22.7 Å². The van der Waals surface area contributed by atoms with Gasteiger partial charge in [0.2, 0.25) is 23.6 Å². The van der Waals surface area contributed by atoms with E-state index >= 15 is 0 Å². The van der Waals surface area contributed by atoms with Crippen molar-refractivity contribution in [2.75, 3.05) is 53.1 Å². The number of carbonyl (C=O) groups is 8. The molecule has 122 heavy (non-hydrogen) atoms. The lowest BCUT2D eigenvalue weighted by molar-refractivity contribution is -0.125. The van der Waals surface area contributed by atoms with Crippen molar-refractivity contribution >= 4 is 116 Å². The van der Waals surface area contributed by atoms with Crippen molar-refractivity contribution in [1.29, 1.82) is 0 Å². The summed E-state index contributed by atoms with van der Waals surface area (Å²) >= 11 is 4.49. The van der Waals surface area contributed by atoms with Crippen LogP contribution in [-0.4, -0.2) is 164 Å². The maximum atomic E-state index is 13.8. The third-order valence-corrected chi connectivity index (χ3v) is 29.7. The summed E-state index contributed by atoms with van der Waals surface area (Å²) in [4.78, 5) is 113. The normalized spacial score (nSPS) is 26.7. The van der Waals surface area contributed by atoms with E-state index < -0.39 is 29.5 Å². The molecule has 0 bridgehead atoms. The second-order valence-electron chi connectivity index (χ2n) is 37.8. The van der Waals surface area contributed by atoms with Gasteiger partial charge >= 0.3 is 23.9 Å². The van der Waals surface area contributed by atoms with Crippen LogP contribution in [-0.2, 0) is 28.7 Å². The Morgan fingerprint density at radius 2 is 0.746 bits per heavy atom. The Hall–Kier alpha value is -7.44. The van der Waals surface area contributed by atoms with Crippen LogP contribution >= 0.6 is 45.3 Å². The van der Waals surface area contributed by atoms with Crippen molar-refractivity contribution in [3.8, 4) is 47.4 Å². The minimum Gasteiger partial charge on any atom is -0.477 e. The van der Waals surface area contributed by atoms with Crippen LogP contribution < -0.4 is 19.6 Å². The number of carboxylic acid groups (broad SMARTS) is 4. The summed E-state index contributed by atoms with van der Waals surface area (Å²) < 4.78 is 10.6. The molecule has 5 heterocycles. The first-order chi connectivity index (χ1) is 57.8. The summed E-state index contributed by atoms with van der Waals surface area (Å²) in [6.07, 6.45) is 24.9. The number of rotatable bonds is 18. The maximum absolute atomic E-state index is 13.8. The summed E-state index contributed by atoms with van der Waals surface area (Å²) in [5.41, 5.74) is 0.520. The summed E-state index contributed by atoms with van der Waals surface area (Å²) in [5.74, 6) is 23.0. The molecule has 8 saturated carbocycles. The molecule has 0 spiro atoms. The van der Waals surface area contributed by atoms with Crippen LogP contribution in [0.1, 0.15) is 326 Å². The highest BCUT2D eigenvalue weighted by Crippen LogP contribution is 2.47. The van der Waals surface area contributed by atoms with Crippen LogP contribution in [0, 0.1) is 111 Å². The zero-order valence-electron chi connectivity index (χ0n) is 73.3. The average molecular weight is 1760 g/mol. The van der Waals surface area contributed by atoms with Crippen LogP contribution in [0.15, 0.2) is 24.3 Å². The third-order valence-electron chi connectivity index (χ3n) is 25.6. The first kappa shape index (κ1) is 96.8. The molecule has 4 aromatic heterocycles. The number of amides is 4. The minimum atomic E-state index is -1.19. The van der Waals surface area contributed by atoms with Gasteiger partial charge in [0.15, 0.2) is 0 Å². The van der Waals surface area contributed by atoms with Gasteiger partial charge in [-0.15, -0.1) is 45.3 Å². The Morgan fingerprint density at radius 1 is 0.434 bits per heavy atom. The molecule has 9 fully saturated rings. The Labute approximate surface area is 737 Å². The Kier molecular flexibility index (Phi) is 35.0. The molecule has 0 aromatic carbocycles. The monoisotopic (exact) mass is 1750 g/mol. The van der Waals surface area contributed by atoms with Crippen molar-refractivity contribution in [3.05, 3.63) is 63.3 Å². The highest BCUT2D eigenvalue weighted by Gasteiger charge is 2.43. The van der Waals surface area contributed by atoms with Gasteiger partial charge in [-0.2, -0.15) is 0 Å². The van der Waals surface area contributed by atoms with Gasteiger partial charge in [0, 0.05) is 78.8 Å². The van der Waals surface area contributed by atoms with Gasteiger partial charge < -0.3 is 69.9 Å². The lowest BCUT2D eigenvalue weighted by Gasteiger charge is -2.38. The van der Waals surface area contributed by atoms with E-state index in [0.29, 0.717) is 169 Å². The molecule has 666 valence electrons. The molecule has 1 saturated heterocycles. The van der Waals surface area contributed by atoms with E-state index in [2.05, 4.69) is 82.0 Å². The molecule has 13 rings (SSSR count). The molecular weight excluding hydrogens is 1630 g/mol. The quantitative estimate of drug-likeness (QED) is 0.0429. The Balaban J connectivity index is 0.000000171. The fourth-order valence-corrected chi connectivity index (χ4v) is 21.1. The Morgan fingerprint density at radius 3 is 1.05 bits per heavy atom. The maximum Gasteiger partial charge on any atom is 0.348 e. The zero-order chi connectivity index (χ0) is 88.5. The van der Waals surface area contributed by atoms with Crippen LogP contribution in [0.3, 0.4) is 0 Å². The number of aromatic carboxylic acids is 4. The van der Waals surface area contributed by atoms with Crippen molar-refractivity contribution in [1.82, 2.24) is 0 Å². The number of carbonyl (C=O) groups excluding carboxylic acids is 4.